The van der Waals surface area contributed by atoms with E-state index in [2.05, 4.69) is 0 Å². The molecule has 1 heterocycles. The van der Waals surface area contributed by atoms with Crippen molar-refractivity contribution >= 4 is 33.2 Å². The zero-order chi connectivity index (χ0) is 13.7. The molecular formula is C11H13ClN2O3S. The third-order valence-electron chi connectivity index (χ3n) is 3.07. The Morgan fingerprint density at radius 1 is 1.39 bits per heavy atom. The number of benzene rings is 1. The maximum Gasteiger partial charge on any atom is 0.259 e. The van der Waals surface area contributed by atoms with E-state index in [0.717, 1.165) is 4.31 Å². The first-order valence-corrected chi connectivity index (χ1v) is 7.10. The van der Waals surface area contributed by atoms with Crippen molar-refractivity contribution in [1.29, 1.82) is 0 Å². The first-order chi connectivity index (χ1) is 8.18. The van der Waals surface area contributed by atoms with Gasteiger partial charge in [-0.2, -0.15) is 0 Å². The highest BCUT2D eigenvalue weighted by atomic mass is 35.5. The minimum absolute atomic E-state index is 0.0519. The molecule has 1 aliphatic heterocycles. The summed E-state index contributed by atoms with van der Waals surface area (Å²) in [7, 11) is -3.58. The first kappa shape index (κ1) is 13.2. The van der Waals surface area contributed by atoms with Gasteiger partial charge in [0.05, 0.1) is 6.54 Å². The summed E-state index contributed by atoms with van der Waals surface area (Å²) in [4.78, 5) is 11.8. The van der Waals surface area contributed by atoms with Crippen molar-refractivity contribution in [2.45, 2.75) is 25.1 Å². The van der Waals surface area contributed by atoms with Gasteiger partial charge in [0.25, 0.3) is 15.9 Å². The van der Waals surface area contributed by atoms with Crippen LogP contribution in [0, 0.1) is 0 Å². The summed E-state index contributed by atoms with van der Waals surface area (Å²) in [6.07, 6.45) is 0. The number of hydrogen-bond donors (Lipinski definition) is 1. The van der Waals surface area contributed by atoms with Crippen LogP contribution in [-0.4, -0.2) is 23.4 Å². The van der Waals surface area contributed by atoms with Crippen molar-refractivity contribution in [2.75, 3.05) is 5.73 Å². The predicted molar refractivity (Wildman–Crippen MR) is 69.4 cm³/mol. The van der Waals surface area contributed by atoms with Crippen LogP contribution >= 0.6 is 11.6 Å². The van der Waals surface area contributed by atoms with Crippen molar-refractivity contribution in [3.8, 4) is 0 Å². The van der Waals surface area contributed by atoms with Gasteiger partial charge in [0.2, 0.25) is 0 Å². The minimum Gasteiger partial charge on any atom is -0.399 e. The second-order valence-corrected chi connectivity index (χ2v) is 7.50. The first-order valence-electron chi connectivity index (χ1n) is 5.28. The number of halogens is 1. The number of carbonyl (C=O) groups is 1. The number of anilines is 1. The summed E-state index contributed by atoms with van der Waals surface area (Å²) in [5, 5.41) is 0.350. The van der Waals surface area contributed by atoms with Gasteiger partial charge < -0.3 is 5.73 Å². The van der Waals surface area contributed by atoms with Crippen molar-refractivity contribution in [3.63, 3.8) is 0 Å². The Kier molecular flexibility index (Phi) is 2.82. The van der Waals surface area contributed by atoms with E-state index in [9.17, 15) is 13.2 Å². The lowest BCUT2D eigenvalue weighted by atomic mass is 10.1. The highest BCUT2D eigenvalue weighted by molar-refractivity contribution is 7.94. The van der Waals surface area contributed by atoms with E-state index in [1.54, 1.807) is 12.1 Å². The fraction of sp³-hybridized carbons (Fsp3) is 0.364. The van der Waals surface area contributed by atoms with E-state index in [-0.39, 0.29) is 6.54 Å². The van der Waals surface area contributed by atoms with Gasteiger partial charge in [-0.3, -0.25) is 4.79 Å². The number of sulfonamides is 1. The Labute approximate surface area is 111 Å². The van der Waals surface area contributed by atoms with Gasteiger partial charge in [-0.25, -0.2) is 12.7 Å². The molecule has 0 aliphatic carbocycles. The molecule has 1 aromatic carbocycles. The van der Waals surface area contributed by atoms with E-state index in [0.29, 0.717) is 16.3 Å². The Morgan fingerprint density at radius 2 is 2.00 bits per heavy atom. The summed E-state index contributed by atoms with van der Waals surface area (Å²) in [5.41, 5.74) is 6.59. The summed E-state index contributed by atoms with van der Waals surface area (Å²) in [6.45, 7) is 2.74. The molecule has 2 N–H and O–H groups in total. The lowest BCUT2D eigenvalue weighted by molar-refractivity contribution is -0.132. The van der Waals surface area contributed by atoms with Gasteiger partial charge in [-0.15, -0.1) is 0 Å². The number of hydrogen-bond acceptors (Lipinski definition) is 4. The molecule has 0 saturated carbocycles. The van der Waals surface area contributed by atoms with Crippen LogP contribution in [0.2, 0.25) is 5.02 Å². The zero-order valence-corrected chi connectivity index (χ0v) is 11.5. The molecule has 18 heavy (non-hydrogen) atoms. The summed E-state index contributed by atoms with van der Waals surface area (Å²) >= 11 is 5.95. The average Bonchev–Trinajstić information content (AvgIpc) is 2.26. The lowest BCUT2D eigenvalue weighted by Crippen LogP contribution is -2.66. The van der Waals surface area contributed by atoms with Gasteiger partial charge >= 0.3 is 0 Å². The molecule has 1 fully saturated rings. The molecule has 98 valence electrons. The second-order valence-electron chi connectivity index (χ2n) is 4.68. The van der Waals surface area contributed by atoms with E-state index in [1.165, 1.54) is 19.9 Å². The molecule has 7 heteroatoms. The Hall–Kier alpha value is -1.27. The van der Waals surface area contributed by atoms with E-state index < -0.39 is 20.7 Å². The molecule has 0 aromatic heterocycles. The molecule has 0 atom stereocenters. The maximum atomic E-state index is 11.9. The molecule has 2 rings (SSSR count). The molecule has 0 bridgehead atoms. The zero-order valence-electron chi connectivity index (χ0n) is 9.97. The van der Waals surface area contributed by atoms with Crippen LogP contribution in [0.15, 0.2) is 18.2 Å². The highest BCUT2D eigenvalue weighted by Gasteiger charge is 2.59. The third-order valence-corrected chi connectivity index (χ3v) is 5.76. The van der Waals surface area contributed by atoms with Crippen LogP contribution in [-0.2, 0) is 21.4 Å². The van der Waals surface area contributed by atoms with Crippen molar-refractivity contribution in [2.24, 2.45) is 0 Å². The van der Waals surface area contributed by atoms with Crippen molar-refractivity contribution in [1.82, 2.24) is 4.31 Å². The molecule has 1 aromatic rings. The van der Waals surface area contributed by atoms with Gasteiger partial charge in [-0.1, -0.05) is 17.7 Å². The third kappa shape index (κ3) is 1.67. The fourth-order valence-corrected chi connectivity index (χ4v) is 3.51. The van der Waals surface area contributed by atoms with Crippen LogP contribution in [0.4, 0.5) is 5.69 Å². The molecule has 1 saturated heterocycles. The van der Waals surface area contributed by atoms with Crippen LogP contribution in [0.1, 0.15) is 19.4 Å². The van der Waals surface area contributed by atoms with E-state index in [1.807, 2.05) is 0 Å². The standard InChI is InChI=1S/C11H13ClN2O3S/c1-11(2)10(15)14(18(11,16)17)6-7-3-4-8(13)5-9(7)12/h3-5H,6,13H2,1-2H3. The van der Waals surface area contributed by atoms with Gasteiger partial charge in [0.1, 0.15) is 0 Å². The summed E-state index contributed by atoms with van der Waals surface area (Å²) in [5.74, 6) is -0.421. The van der Waals surface area contributed by atoms with Gasteiger partial charge in [0, 0.05) is 10.7 Å². The van der Waals surface area contributed by atoms with Crippen LogP contribution in [0.5, 0.6) is 0 Å². The largest absolute Gasteiger partial charge is 0.399 e. The summed E-state index contributed by atoms with van der Waals surface area (Å²) < 4.78 is 23.3. The second kappa shape index (κ2) is 3.86. The SMILES string of the molecule is CC1(C)C(=O)N(Cc2ccc(N)cc2Cl)S1(=O)=O. The van der Waals surface area contributed by atoms with E-state index in [4.69, 9.17) is 17.3 Å². The minimum atomic E-state index is -3.58. The number of amides is 1. The lowest BCUT2D eigenvalue weighted by Gasteiger charge is -2.43. The van der Waals surface area contributed by atoms with Crippen molar-refractivity contribution in [3.05, 3.63) is 28.8 Å². The number of nitrogens with zero attached hydrogens (tertiary/aromatic N) is 1. The normalized spacial score (nSPS) is 20.6. The molecule has 1 amide bonds. The highest BCUT2D eigenvalue weighted by Crippen LogP contribution is 2.37. The molecule has 0 spiro atoms. The predicted octanol–water partition coefficient (Wildman–Crippen LogP) is 1.37. The van der Waals surface area contributed by atoms with Gasteiger partial charge in [0.15, 0.2) is 4.75 Å². The van der Waals surface area contributed by atoms with Crippen LogP contribution < -0.4 is 5.73 Å². The number of nitrogens with two attached hydrogens (primary N) is 1. The Morgan fingerprint density at radius 3 is 2.50 bits per heavy atom. The Balaban J connectivity index is 2.30. The smallest absolute Gasteiger partial charge is 0.259 e. The number of rotatable bonds is 2. The van der Waals surface area contributed by atoms with Crippen LogP contribution in [0.25, 0.3) is 0 Å². The van der Waals surface area contributed by atoms with Gasteiger partial charge in [-0.05, 0) is 31.5 Å². The molecular weight excluding hydrogens is 276 g/mol. The van der Waals surface area contributed by atoms with Crippen molar-refractivity contribution < 1.29 is 13.2 Å². The molecule has 0 unspecified atom stereocenters. The average molecular weight is 289 g/mol. The maximum absolute atomic E-state index is 11.9. The van der Waals surface area contributed by atoms with E-state index >= 15 is 0 Å². The Bertz CT molecular complexity index is 625. The number of carbonyl (C=O) groups excluding carboxylic acids is 1. The quantitative estimate of drug-likeness (QED) is 0.834. The fourth-order valence-electron chi connectivity index (χ4n) is 1.76. The molecule has 0 radical (unpaired) electrons. The monoisotopic (exact) mass is 288 g/mol. The molecule has 1 aliphatic rings. The number of nitrogen functional groups attached to an aromatic ring is 1. The topological polar surface area (TPSA) is 80.5 Å². The summed E-state index contributed by atoms with van der Waals surface area (Å²) in [6, 6.07) is 4.76. The van der Waals surface area contributed by atoms with Crippen LogP contribution in [0.3, 0.4) is 0 Å². The molecule has 5 nitrogen and oxygen atoms in total.